The molecule has 1 heterocycles. The van der Waals surface area contributed by atoms with Gasteiger partial charge >= 0.3 is 0 Å². The summed E-state index contributed by atoms with van der Waals surface area (Å²) in [7, 11) is 1.51. The van der Waals surface area contributed by atoms with Crippen LogP contribution in [-0.2, 0) is 0 Å². The van der Waals surface area contributed by atoms with Crippen molar-refractivity contribution in [1.82, 2.24) is 9.97 Å². The fourth-order valence-electron chi connectivity index (χ4n) is 0.563. The van der Waals surface area contributed by atoms with E-state index in [2.05, 4.69) is 9.97 Å². The number of nitrogen functional groups attached to an aromatic ring is 1. The number of aromatic amines is 1. The van der Waals surface area contributed by atoms with Crippen molar-refractivity contribution in [2.45, 2.75) is 0 Å². The number of hydrogen-bond donors (Lipinski definition) is 2. The van der Waals surface area contributed by atoms with Crippen LogP contribution in [-0.4, -0.2) is 17.1 Å². The van der Waals surface area contributed by atoms with Crippen LogP contribution in [0, 0.1) is 4.64 Å². The minimum atomic E-state index is 0.357. The Morgan fingerprint density at radius 3 is 3.00 bits per heavy atom. The van der Waals surface area contributed by atoms with Crippen molar-refractivity contribution in [1.29, 1.82) is 0 Å². The highest BCUT2D eigenvalue weighted by molar-refractivity contribution is 7.71. The minimum Gasteiger partial charge on any atom is -0.481 e. The molecule has 0 saturated heterocycles. The Labute approximate surface area is 63.0 Å². The van der Waals surface area contributed by atoms with E-state index in [9.17, 15) is 0 Å². The van der Waals surface area contributed by atoms with Gasteiger partial charge in [0.05, 0.1) is 13.4 Å². The molecule has 0 aliphatic carbocycles. The van der Waals surface area contributed by atoms with Crippen LogP contribution < -0.4 is 10.5 Å². The van der Waals surface area contributed by atoms with Crippen LogP contribution in [0.25, 0.3) is 0 Å². The van der Waals surface area contributed by atoms with Crippen LogP contribution in [0.1, 0.15) is 0 Å². The molecular formula is C5H7N3OS. The van der Waals surface area contributed by atoms with Crippen molar-refractivity contribution in [3.05, 3.63) is 11.0 Å². The number of H-pyrrole nitrogens is 1. The van der Waals surface area contributed by atoms with Gasteiger partial charge in [-0.3, -0.25) is 0 Å². The van der Waals surface area contributed by atoms with E-state index in [4.69, 9.17) is 22.7 Å². The predicted molar refractivity (Wildman–Crippen MR) is 40.4 cm³/mol. The molecule has 0 aliphatic rings. The molecule has 1 aromatic heterocycles. The van der Waals surface area contributed by atoms with E-state index in [-0.39, 0.29) is 0 Å². The average Bonchev–Trinajstić information content (AvgIpc) is 1.95. The standard InChI is InChI=1S/C5H7N3OS/c1-9-4-3(6)5(10)8-2-7-4/h2H,6H2,1H3,(H,7,8,10). The molecule has 54 valence electrons. The quantitative estimate of drug-likeness (QED) is 0.590. The number of nitrogens with one attached hydrogen (secondary N) is 1. The van der Waals surface area contributed by atoms with E-state index in [1.54, 1.807) is 0 Å². The molecular weight excluding hydrogens is 150 g/mol. The zero-order chi connectivity index (χ0) is 7.56. The summed E-state index contributed by atoms with van der Waals surface area (Å²) in [6, 6.07) is 0. The summed E-state index contributed by atoms with van der Waals surface area (Å²) in [4.78, 5) is 6.44. The summed E-state index contributed by atoms with van der Waals surface area (Å²) >= 11 is 4.77. The zero-order valence-electron chi connectivity index (χ0n) is 5.42. The van der Waals surface area contributed by atoms with Crippen LogP contribution in [0.5, 0.6) is 5.88 Å². The number of anilines is 1. The predicted octanol–water partition coefficient (Wildman–Crippen LogP) is 0.730. The first-order valence-corrected chi connectivity index (χ1v) is 3.03. The first-order chi connectivity index (χ1) is 4.75. The number of hydrogen-bond acceptors (Lipinski definition) is 4. The van der Waals surface area contributed by atoms with Crippen LogP contribution in [0.4, 0.5) is 5.69 Å². The molecule has 1 aromatic rings. The van der Waals surface area contributed by atoms with Crippen LogP contribution in [0.15, 0.2) is 6.33 Å². The molecule has 0 atom stereocenters. The van der Waals surface area contributed by atoms with E-state index in [0.717, 1.165) is 0 Å². The average molecular weight is 157 g/mol. The SMILES string of the molecule is COc1[nH]cnc(=S)c1N. The second kappa shape index (κ2) is 2.66. The van der Waals surface area contributed by atoms with Gasteiger partial charge in [-0.05, 0) is 0 Å². The summed E-state index contributed by atoms with van der Waals surface area (Å²) in [5.41, 5.74) is 5.85. The Bertz CT molecular complexity index is 282. The minimum absolute atomic E-state index is 0.357. The lowest BCUT2D eigenvalue weighted by Crippen LogP contribution is -1.96. The maximum absolute atomic E-state index is 5.47. The van der Waals surface area contributed by atoms with E-state index in [0.29, 0.717) is 16.2 Å². The monoisotopic (exact) mass is 157 g/mol. The van der Waals surface area contributed by atoms with Gasteiger partial charge < -0.3 is 15.5 Å². The molecule has 5 heteroatoms. The lowest BCUT2D eigenvalue weighted by Gasteiger charge is -2.00. The number of nitrogens with zero attached hydrogens (tertiary/aromatic N) is 1. The van der Waals surface area contributed by atoms with Crippen molar-refractivity contribution in [3.63, 3.8) is 0 Å². The van der Waals surface area contributed by atoms with Crippen LogP contribution >= 0.6 is 12.2 Å². The first-order valence-electron chi connectivity index (χ1n) is 2.63. The molecule has 0 unspecified atom stereocenters. The molecule has 0 bridgehead atoms. The van der Waals surface area contributed by atoms with Crippen LogP contribution in [0.2, 0.25) is 0 Å². The Kier molecular flexibility index (Phi) is 1.86. The summed E-state index contributed by atoms with van der Waals surface area (Å²) in [6.07, 6.45) is 1.44. The van der Waals surface area contributed by atoms with E-state index >= 15 is 0 Å². The largest absolute Gasteiger partial charge is 0.481 e. The maximum atomic E-state index is 5.47. The molecule has 0 spiro atoms. The van der Waals surface area contributed by atoms with Crippen LogP contribution in [0.3, 0.4) is 0 Å². The Hall–Kier alpha value is -1.10. The van der Waals surface area contributed by atoms with Gasteiger partial charge in [-0.25, -0.2) is 4.98 Å². The second-order valence-electron chi connectivity index (χ2n) is 1.65. The molecule has 0 aromatic carbocycles. The summed E-state index contributed by atoms with van der Waals surface area (Å²) in [5, 5.41) is 0. The molecule has 0 radical (unpaired) electrons. The summed E-state index contributed by atoms with van der Waals surface area (Å²) < 4.78 is 5.20. The zero-order valence-corrected chi connectivity index (χ0v) is 6.23. The van der Waals surface area contributed by atoms with Gasteiger partial charge in [0.1, 0.15) is 5.69 Å². The fourth-order valence-corrected chi connectivity index (χ4v) is 0.708. The van der Waals surface area contributed by atoms with Crippen molar-refractivity contribution in [2.24, 2.45) is 0 Å². The van der Waals surface area contributed by atoms with Crippen molar-refractivity contribution in [3.8, 4) is 5.88 Å². The highest BCUT2D eigenvalue weighted by atomic mass is 32.1. The lowest BCUT2D eigenvalue weighted by molar-refractivity contribution is 0.399. The third-order valence-corrected chi connectivity index (χ3v) is 1.38. The Morgan fingerprint density at radius 2 is 2.50 bits per heavy atom. The van der Waals surface area contributed by atoms with Crippen molar-refractivity contribution in [2.75, 3.05) is 12.8 Å². The van der Waals surface area contributed by atoms with Gasteiger partial charge in [0.25, 0.3) is 0 Å². The highest BCUT2D eigenvalue weighted by Gasteiger charge is 1.98. The number of methoxy groups -OCH3 is 1. The number of ether oxygens (including phenoxy) is 1. The molecule has 1 rings (SSSR count). The highest BCUT2D eigenvalue weighted by Crippen LogP contribution is 2.15. The third kappa shape index (κ3) is 1.08. The van der Waals surface area contributed by atoms with E-state index < -0.39 is 0 Å². The molecule has 0 amide bonds. The van der Waals surface area contributed by atoms with E-state index in [1.165, 1.54) is 13.4 Å². The first kappa shape index (κ1) is 7.01. The molecule has 4 nitrogen and oxygen atoms in total. The van der Waals surface area contributed by atoms with Gasteiger partial charge in [-0.1, -0.05) is 12.2 Å². The number of rotatable bonds is 1. The second-order valence-corrected chi connectivity index (χ2v) is 2.04. The third-order valence-electron chi connectivity index (χ3n) is 1.06. The topological polar surface area (TPSA) is 63.9 Å². The lowest BCUT2D eigenvalue weighted by atomic mass is 10.5. The molecule has 3 N–H and O–H groups in total. The molecule has 10 heavy (non-hydrogen) atoms. The Balaban J connectivity index is 3.28. The number of aromatic nitrogens is 2. The van der Waals surface area contributed by atoms with Gasteiger partial charge in [-0.2, -0.15) is 0 Å². The molecule has 0 saturated carbocycles. The number of nitrogens with two attached hydrogens (primary N) is 1. The van der Waals surface area contributed by atoms with E-state index in [1.807, 2.05) is 0 Å². The summed E-state index contributed by atoms with van der Waals surface area (Å²) in [5.74, 6) is 0.458. The fraction of sp³-hybridized carbons (Fsp3) is 0.200. The maximum Gasteiger partial charge on any atom is 0.218 e. The smallest absolute Gasteiger partial charge is 0.218 e. The summed E-state index contributed by atoms with van der Waals surface area (Å²) in [6.45, 7) is 0. The molecule has 0 fully saturated rings. The van der Waals surface area contributed by atoms with Gasteiger partial charge in [0.2, 0.25) is 5.88 Å². The Morgan fingerprint density at radius 1 is 1.80 bits per heavy atom. The van der Waals surface area contributed by atoms with Crippen molar-refractivity contribution < 1.29 is 4.74 Å². The normalized spacial score (nSPS) is 9.30. The van der Waals surface area contributed by atoms with Gasteiger partial charge in [0.15, 0.2) is 4.64 Å². The van der Waals surface area contributed by atoms with Crippen molar-refractivity contribution >= 4 is 17.9 Å². The molecule has 0 aliphatic heterocycles. The van der Waals surface area contributed by atoms with Gasteiger partial charge in [0, 0.05) is 0 Å². The van der Waals surface area contributed by atoms with Gasteiger partial charge in [-0.15, -0.1) is 0 Å².